The highest BCUT2D eigenvalue weighted by molar-refractivity contribution is 5.99. The lowest BCUT2D eigenvalue weighted by Gasteiger charge is -2.14. The Hall–Kier alpha value is -1.95. The summed E-state index contributed by atoms with van der Waals surface area (Å²) in [7, 11) is 0. The van der Waals surface area contributed by atoms with Gasteiger partial charge in [-0.15, -0.1) is 0 Å². The number of nitro groups is 1. The molecule has 0 radical (unpaired) electrons. The molecule has 0 aliphatic heterocycles. The lowest BCUT2D eigenvalue weighted by Crippen LogP contribution is -2.33. The third-order valence-corrected chi connectivity index (χ3v) is 2.92. The second-order valence-corrected chi connectivity index (χ2v) is 5.22. The number of carbonyl (C=O) groups excluding carboxylic acids is 1. The van der Waals surface area contributed by atoms with Crippen molar-refractivity contribution in [2.75, 3.05) is 6.54 Å². The normalized spacial score (nSPS) is 12.2. The minimum Gasteiger partial charge on any atom is -0.391 e. The monoisotopic (exact) mass is 280 g/mol. The first-order valence-corrected chi connectivity index (χ1v) is 6.53. The molecule has 1 amide bonds. The van der Waals surface area contributed by atoms with E-state index in [2.05, 4.69) is 5.32 Å². The molecule has 0 saturated carbocycles. The van der Waals surface area contributed by atoms with Gasteiger partial charge in [-0.05, 0) is 24.8 Å². The van der Waals surface area contributed by atoms with E-state index >= 15 is 0 Å². The van der Waals surface area contributed by atoms with Crippen LogP contribution in [0.1, 0.15) is 36.2 Å². The van der Waals surface area contributed by atoms with Gasteiger partial charge in [-0.25, -0.2) is 0 Å². The number of nitrogens with one attached hydrogen (secondary N) is 1. The Morgan fingerprint density at radius 1 is 1.45 bits per heavy atom. The Kier molecular flexibility index (Phi) is 5.64. The van der Waals surface area contributed by atoms with Crippen molar-refractivity contribution in [1.29, 1.82) is 0 Å². The van der Waals surface area contributed by atoms with Gasteiger partial charge in [-0.1, -0.05) is 26.0 Å². The highest BCUT2D eigenvalue weighted by atomic mass is 16.6. The number of rotatable bonds is 6. The zero-order valence-corrected chi connectivity index (χ0v) is 11.9. The molecule has 0 heterocycles. The smallest absolute Gasteiger partial charge is 0.282 e. The molecule has 1 atom stereocenters. The Labute approximate surface area is 118 Å². The van der Waals surface area contributed by atoms with Crippen molar-refractivity contribution in [2.24, 2.45) is 5.92 Å². The molecule has 6 heteroatoms. The minimum absolute atomic E-state index is 0.0502. The molecule has 6 nitrogen and oxygen atoms in total. The topological polar surface area (TPSA) is 92.5 Å². The zero-order valence-electron chi connectivity index (χ0n) is 11.9. The van der Waals surface area contributed by atoms with Crippen molar-refractivity contribution in [3.8, 4) is 0 Å². The average Bonchev–Trinajstić information content (AvgIpc) is 2.34. The number of carbonyl (C=O) groups is 1. The van der Waals surface area contributed by atoms with Crippen LogP contribution in [0.5, 0.6) is 0 Å². The number of amides is 1. The highest BCUT2D eigenvalue weighted by Gasteiger charge is 2.22. The summed E-state index contributed by atoms with van der Waals surface area (Å²) in [4.78, 5) is 22.4. The molecule has 1 aromatic carbocycles. The molecule has 20 heavy (non-hydrogen) atoms. The predicted molar refractivity (Wildman–Crippen MR) is 75.6 cm³/mol. The van der Waals surface area contributed by atoms with Crippen LogP contribution < -0.4 is 5.32 Å². The molecule has 0 spiro atoms. The number of hydrogen-bond acceptors (Lipinski definition) is 4. The number of hydrogen-bond donors (Lipinski definition) is 2. The minimum atomic E-state index is -0.651. The van der Waals surface area contributed by atoms with Crippen LogP contribution in [0, 0.1) is 23.0 Å². The number of nitro benzene ring substituents is 1. The molecule has 1 rings (SSSR count). The largest absolute Gasteiger partial charge is 0.391 e. The maximum atomic E-state index is 12.1. The summed E-state index contributed by atoms with van der Waals surface area (Å²) in [6.45, 7) is 5.67. The molecule has 2 N–H and O–H groups in total. The average molecular weight is 280 g/mol. The van der Waals surface area contributed by atoms with Crippen LogP contribution in [0.25, 0.3) is 0 Å². The van der Waals surface area contributed by atoms with Crippen molar-refractivity contribution in [3.63, 3.8) is 0 Å². The van der Waals surface area contributed by atoms with Gasteiger partial charge in [-0.2, -0.15) is 0 Å². The number of aryl methyl sites for hydroxylation is 1. The first-order chi connectivity index (χ1) is 9.32. The number of aliphatic hydroxyl groups is 1. The SMILES string of the molecule is Cc1cccc([N+](=O)[O-])c1C(=O)NCC(O)CC(C)C. The molecular weight excluding hydrogens is 260 g/mol. The molecular formula is C14H20N2O4. The first-order valence-electron chi connectivity index (χ1n) is 6.53. The Balaban J connectivity index is 2.80. The van der Waals surface area contributed by atoms with E-state index in [1.54, 1.807) is 13.0 Å². The van der Waals surface area contributed by atoms with E-state index in [4.69, 9.17) is 0 Å². The van der Waals surface area contributed by atoms with Gasteiger partial charge in [0.25, 0.3) is 11.6 Å². The predicted octanol–water partition coefficient (Wildman–Crippen LogP) is 2.04. The summed E-state index contributed by atoms with van der Waals surface area (Å²) in [5.41, 5.74) is 0.366. The number of nitrogens with zero attached hydrogens (tertiary/aromatic N) is 1. The molecule has 0 fully saturated rings. The molecule has 1 aromatic rings. The van der Waals surface area contributed by atoms with Crippen molar-refractivity contribution < 1.29 is 14.8 Å². The van der Waals surface area contributed by atoms with E-state index in [1.807, 2.05) is 13.8 Å². The van der Waals surface area contributed by atoms with Crippen LogP contribution in [-0.4, -0.2) is 28.6 Å². The van der Waals surface area contributed by atoms with Crippen LogP contribution in [0.15, 0.2) is 18.2 Å². The van der Waals surface area contributed by atoms with Gasteiger partial charge < -0.3 is 10.4 Å². The second-order valence-electron chi connectivity index (χ2n) is 5.22. The molecule has 0 aromatic heterocycles. The highest BCUT2D eigenvalue weighted by Crippen LogP contribution is 2.21. The Morgan fingerprint density at radius 3 is 2.65 bits per heavy atom. The summed E-state index contributed by atoms with van der Waals surface area (Å²) in [5, 5.41) is 23.2. The van der Waals surface area contributed by atoms with E-state index < -0.39 is 16.9 Å². The maximum Gasteiger partial charge on any atom is 0.282 e. The quantitative estimate of drug-likeness (QED) is 0.616. The van der Waals surface area contributed by atoms with Gasteiger partial charge in [0.1, 0.15) is 5.56 Å². The van der Waals surface area contributed by atoms with Gasteiger partial charge in [0.2, 0.25) is 0 Å². The zero-order chi connectivity index (χ0) is 15.3. The van der Waals surface area contributed by atoms with Gasteiger partial charge in [-0.3, -0.25) is 14.9 Å². The standard InChI is InChI=1S/C14H20N2O4/c1-9(2)7-11(17)8-15-14(18)13-10(3)5-4-6-12(13)16(19)20/h4-6,9,11,17H,7-8H2,1-3H3,(H,15,18). The fourth-order valence-electron chi connectivity index (χ4n) is 2.03. The summed E-state index contributed by atoms with van der Waals surface area (Å²) < 4.78 is 0. The van der Waals surface area contributed by atoms with Gasteiger partial charge >= 0.3 is 0 Å². The lowest BCUT2D eigenvalue weighted by atomic mass is 10.0. The summed E-state index contributed by atoms with van der Waals surface area (Å²) in [6, 6.07) is 4.48. The third-order valence-electron chi connectivity index (χ3n) is 2.92. The van der Waals surface area contributed by atoms with Crippen LogP contribution >= 0.6 is 0 Å². The van der Waals surface area contributed by atoms with E-state index in [1.165, 1.54) is 12.1 Å². The van der Waals surface area contributed by atoms with Crippen LogP contribution in [-0.2, 0) is 0 Å². The van der Waals surface area contributed by atoms with Crippen LogP contribution in [0.2, 0.25) is 0 Å². The maximum absolute atomic E-state index is 12.1. The molecule has 0 aliphatic rings. The van der Waals surface area contributed by atoms with E-state index in [0.717, 1.165) is 0 Å². The van der Waals surface area contributed by atoms with Gasteiger partial charge in [0.05, 0.1) is 11.0 Å². The van der Waals surface area contributed by atoms with Crippen molar-refractivity contribution in [2.45, 2.75) is 33.3 Å². The van der Waals surface area contributed by atoms with Crippen molar-refractivity contribution in [3.05, 3.63) is 39.4 Å². The van der Waals surface area contributed by atoms with Crippen molar-refractivity contribution >= 4 is 11.6 Å². The lowest BCUT2D eigenvalue weighted by molar-refractivity contribution is -0.385. The molecule has 1 unspecified atom stereocenters. The van der Waals surface area contributed by atoms with E-state index in [-0.39, 0.29) is 17.8 Å². The fourth-order valence-corrected chi connectivity index (χ4v) is 2.03. The number of benzene rings is 1. The van der Waals surface area contributed by atoms with E-state index in [0.29, 0.717) is 17.9 Å². The van der Waals surface area contributed by atoms with Crippen LogP contribution in [0.4, 0.5) is 5.69 Å². The second kappa shape index (κ2) is 7.00. The van der Waals surface area contributed by atoms with E-state index in [9.17, 15) is 20.0 Å². The fraction of sp³-hybridized carbons (Fsp3) is 0.500. The molecule has 0 saturated heterocycles. The summed E-state index contributed by atoms with van der Waals surface area (Å²) in [6.07, 6.45) is -0.0853. The summed E-state index contributed by atoms with van der Waals surface area (Å²) in [5.74, 6) is -0.215. The Morgan fingerprint density at radius 2 is 2.10 bits per heavy atom. The number of aliphatic hydroxyl groups excluding tert-OH is 1. The molecule has 0 bridgehead atoms. The van der Waals surface area contributed by atoms with Crippen molar-refractivity contribution in [1.82, 2.24) is 5.32 Å². The summed E-state index contributed by atoms with van der Waals surface area (Å²) >= 11 is 0. The van der Waals surface area contributed by atoms with Crippen LogP contribution in [0.3, 0.4) is 0 Å². The molecule has 110 valence electrons. The first kappa shape index (κ1) is 16.1. The molecule has 0 aliphatic carbocycles. The van der Waals surface area contributed by atoms with Gasteiger partial charge in [0.15, 0.2) is 0 Å². The third kappa shape index (κ3) is 4.31. The Bertz CT molecular complexity index is 500. The van der Waals surface area contributed by atoms with Gasteiger partial charge in [0, 0.05) is 12.6 Å².